The summed E-state index contributed by atoms with van der Waals surface area (Å²) in [7, 11) is 0. The molecule has 0 N–H and O–H groups in total. The monoisotopic (exact) mass is 295 g/mol. The molecule has 4 rings (SSSR count). The zero-order chi connectivity index (χ0) is 14.9. The Kier molecular flexibility index (Phi) is 3.20. The zero-order valence-electron chi connectivity index (χ0n) is 11.9. The third kappa shape index (κ3) is 2.19. The lowest BCUT2D eigenvalue weighted by Gasteiger charge is -2.15. The van der Waals surface area contributed by atoms with Gasteiger partial charge in [-0.3, -0.25) is 9.67 Å². The molecule has 0 amide bonds. The highest BCUT2D eigenvalue weighted by Gasteiger charge is 2.22. The Morgan fingerprint density at radius 3 is 2.55 bits per heavy atom. The van der Waals surface area contributed by atoms with Crippen LogP contribution < -0.4 is 0 Å². The van der Waals surface area contributed by atoms with E-state index in [1.807, 2.05) is 16.8 Å². The van der Waals surface area contributed by atoms with Gasteiger partial charge in [0.15, 0.2) is 0 Å². The second-order valence-corrected chi connectivity index (χ2v) is 5.19. The smallest absolute Gasteiger partial charge is 0.123 e. The summed E-state index contributed by atoms with van der Waals surface area (Å²) in [5, 5.41) is 4.72. The molecular weight excluding hydrogens is 281 g/mol. The maximum absolute atomic E-state index is 13.2. The first kappa shape index (κ1) is 13.2. The molecule has 4 nitrogen and oxygen atoms in total. The van der Waals surface area contributed by atoms with Crippen LogP contribution in [0.5, 0.6) is 0 Å². The van der Waals surface area contributed by atoms with Crippen molar-refractivity contribution in [2.45, 2.75) is 13.2 Å². The highest BCUT2D eigenvalue weighted by atomic mass is 19.1. The molecule has 110 valence electrons. The fourth-order valence-electron chi connectivity index (χ4n) is 2.78. The van der Waals surface area contributed by atoms with Crippen LogP contribution in [0, 0.1) is 5.82 Å². The minimum atomic E-state index is -0.249. The van der Waals surface area contributed by atoms with Crippen LogP contribution in [0.4, 0.5) is 4.39 Å². The lowest BCUT2D eigenvalue weighted by atomic mass is 9.99. The molecule has 0 saturated carbocycles. The van der Waals surface area contributed by atoms with Gasteiger partial charge < -0.3 is 4.74 Å². The Bertz CT molecular complexity index is 797. The van der Waals surface area contributed by atoms with E-state index in [0.717, 1.165) is 34.6 Å². The summed E-state index contributed by atoms with van der Waals surface area (Å²) >= 11 is 0. The summed E-state index contributed by atoms with van der Waals surface area (Å²) in [5.41, 5.74) is 4.88. The van der Waals surface area contributed by atoms with Crippen LogP contribution in [-0.4, -0.2) is 21.4 Å². The Morgan fingerprint density at radius 1 is 1.00 bits per heavy atom. The van der Waals surface area contributed by atoms with Crippen molar-refractivity contribution < 1.29 is 9.13 Å². The predicted octanol–water partition coefficient (Wildman–Crippen LogP) is 3.28. The quantitative estimate of drug-likeness (QED) is 0.728. The van der Waals surface area contributed by atoms with Gasteiger partial charge in [0.2, 0.25) is 0 Å². The van der Waals surface area contributed by atoms with Crippen LogP contribution in [0.2, 0.25) is 0 Å². The summed E-state index contributed by atoms with van der Waals surface area (Å²) < 4.78 is 20.8. The summed E-state index contributed by atoms with van der Waals surface area (Å²) in [6.45, 7) is 1.92. The average Bonchev–Trinajstić information content (AvgIpc) is 2.96. The van der Waals surface area contributed by atoms with E-state index in [1.54, 1.807) is 24.5 Å². The lowest BCUT2D eigenvalue weighted by molar-refractivity contribution is 0.0805. The Balaban J connectivity index is 1.94. The molecule has 0 radical (unpaired) electrons. The van der Waals surface area contributed by atoms with Crippen molar-refractivity contribution in [3.05, 3.63) is 60.3 Å². The van der Waals surface area contributed by atoms with Crippen LogP contribution in [0.1, 0.15) is 5.69 Å². The Morgan fingerprint density at radius 2 is 1.77 bits per heavy atom. The van der Waals surface area contributed by atoms with E-state index in [0.29, 0.717) is 13.2 Å². The standard InChI is InChI=1S/C17H14FN3O/c18-14-3-1-13(2-4-14)17-16(12-5-7-19-8-6-12)15-11-22-10-9-21(15)20-17/h1-8H,9-11H2. The number of halogens is 1. The molecule has 0 unspecified atom stereocenters. The number of fused-ring (bicyclic) bond motifs is 1. The Hall–Kier alpha value is -2.53. The second-order valence-electron chi connectivity index (χ2n) is 5.19. The molecule has 1 aliphatic rings. The summed E-state index contributed by atoms with van der Waals surface area (Å²) in [6, 6.07) is 10.4. The van der Waals surface area contributed by atoms with Gasteiger partial charge in [-0.2, -0.15) is 5.10 Å². The molecule has 0 atom stereocenters. The number of aromatic nitrogens is 3. The highest BCUT2D eigenvalue weighted by molar-refractivity contribution is 5.82. The fraction of sp³-hybridized carbons (Fsp3) is 0.176. The summed E-state index contributed by atoms with van der Waals surface area (Å²) in [4.78, 5) is 4.07. The number of benzene rings is 1. The molecule has 0 bridgehead atoms. The molecule has 2 aromatic heterocycles. The molecule has 1 aliphatic heterocycles. The molecule has 1 aromatic carbocycles. The van der Waals surface area contributed by atoms with Crippen molar-refractivity contribution >= 4 is 0 Å². The van der Waals surface area contributed by atoms with Crippen LogP contribution in [0.25, 0.3) is 22.4 Å². The highest BCUT2D eigenvalue weighted by Crippen LogP contribution is 2.35. The van der Waals surface area contributed by atoms with Crippen LogP contribution >= 0.6 is 0 Å². The molecule has 0 fully saturated rings. The molecule has 0 spiro atoms. The number of ether oxygens (including phenoxy) is 1. The van der Waals surface area contributed by atoms with Crippen molar-refractivity contribution in [1.82, 2.24) is 14.8 Å². The van der Waals surface area contributed by atoms with E-state index in [4.69, 9.17) is 9.84 Å². The van der Waals surface area contributed by atoms with Gasteiger partial charge in [0.05, 0.1) is 25.5 Å². The largest absolute Gasteiger partial charge is 0.373 e. The number of rotatable bonds is 2. The topological polar surface area (TPSA) is 39.9 Å². The molecule has 22 heavy (non-hydrogen) atoms. The van der Waals surface area contributed by atoms with Gasteiger partial charge >= 0.3 is 0 Å². The van der Waals surface area contributed by atoms with Crippen LogP contribution in [-0.2, 0) is 17.9 Å². The maximum atomic E-state index is 13.2. The van der Waals surface area contributed by atoms with Gasteiger partial charge in [0.25, 0.3) is 0 Å². The zero-order valence-corrected chi connectivity index (χ0v) is 11.9. The first-order valence-electron chi connectivity index (χ1n) is 7.17. The van der Waals surface area contributed by atoms with Crippen molar-refractivity contribution in [2.75, 3.05) is 6.61 Å². The van der Waals surface area contributed by atoms with Crippen LogP contribution in [0.3, 0.4) is 0 Å². The number of hydrogen-bond donors (Lipinski definition) is 0. The van der Waals surface area contributed by atoms with Crippen molar-refractivity contribution in [3.8, 4) is 22.4 Å². The minimum Gasteiger partial charge on any atom is -0.373 e. The Labute approximate surface area is 127 Å². The van der Waals surface area contributed by atoms with E-state index in [1.165, 1.54) is 12.1 Å². The van der Waals surface area contributed by atoms with Crippen molar-refractivity contribution in [1.29, 1.82) is 0 Å². The molecule has 3 heterocycles. The van der Waals surface area contributed by atoms with E-state index < -0.39 is 0 Å². The number of pyridine rings is 1. The first-order chi connectivity index (χ1) is 10.8. The van der Waals surface area contributed by atoms with Gasteiger partial charge in [-0.05, 0) is 42.0 Å². The molecule has 0 saturated heterocycles. The van der Waals surface area contributed by atoms with Gasteiger partial charge in [-0.15, -0.1) is 0 Å². The first-order valence-corrected chi connectivity index (χ1v) is 7.17. The average molecular weight is 295 g/mol. The molecule has 3 aromatic rings. The van der Waals surface area contributed by atoms with E-state index >= 15 is 0 Å². The fourth-order valence-corrected chi connectivity index (χ4v) is 2.78. The SMILES string of the molecule is Fc1ccc(-c2nn3c(c2-c2ccncc2)COCC3)cc1. The maximum Gasteiger partial charge on any atom is 0.123 e. The number of hydrogen-bond acceptors (Lipinski definition) is 3. The summed E-state index contributed by atoms with van der Waals surface area (Å²) in [6.07, 6.45) is 3.52. The van der Waals surface area contributed by atoms with Crippen molar-refractivity contribution in [3.63, 3.8) is 0 Å². The third-order valence-electron chi connectivity index (χ3n) is 3.83. The summed E-state index contributed by atoms with van der Waals surface area (Å²) in [5.74, 6) is -0.249. The normalized spacial score (nSPS) is 13.9. The third-order valence-corrected chi connectivity index (χ3v) is 3.83. The van der Waals surface area contributed by atoms with Crippen molar-refractivity contribution in [2.24, 2.45) is 0 Å². The minimum absolute atomic E-state index is 0.249. The van der Waals surface area contributed by atoms with Gasteiger partial charge in [0.1, 0.15) is 11.5 Å². The van der Waals surface area contributed by atoms with E-state index in [2.05, 4.69) is 4.98 Å². The van der Waals surface area contributed by atoms with Gasteiger partial charge in [-0.1, -0.05) is 0 Å². The van der Waals surface area contributed by atoms with E-state index in [-0.39, 0.29) is 5.82 Å². The molecule has 0 aliphatic carbocycles. The number of nitrogens with zero attached hydrogens (tertiary/aromatic N) is 3. The van der Waals surface area contributed by atoms with E-state index in [9.17, 15) is 4.39 Å². The molecule has 5 heteroatoms. The van der Waals surface area contributed by atoms with Crippen LogP contribution in [0.15, 0.2) is 48.8 Å². The lowest BCUT2D eigenvalue weighted by Crippen LogP contribution is -2.17. The van der Waals surface area contributed by atoms with Gasteiger partial charge in [-0.25, -0.2) is 4.39 Å². The molecular formula is C17H14FN3O. The predicted molar refractivity (Wildman–Crippen MR) is 80.5 cm³/mol. The second kappa shape index (κ2) is 5.35. The van der Waals surface area contributed by atoms with Gasteiger partial charge in [0, 0.05) is 23.5 Å².